The minimum Gasteiger partial charge on any atom is -0.381 e. The smallest absolute Gasteiger partial charge is 0.0480 e. The quantitative estimate of drug-likeness (QED) is 0.741. The van der Waals surface area contributed by atoms with Crippen molar-refractivity contribution in [1.29, 1.82) is 0 Å². The van der Waals surface area contributed by atoms with Crippen LogP contribution in [0.25, 0.3) is 0 Å². The first-order valence-corrected chi connectivity index (χ1v) is 5.72. The fraction of sp³-hybridized carbons (Fsp3) is 1.00. The average molecular weight is 200 g/mol. The van der Waals surface area contributed by atoms with Crippen molar-refractivity contribution in [2.75, 3.05) is 19.8 Å². The third-order valence-electron chi connectivity index (χ3n) is 3.06. The molecule has 3 nitrogen and oxygen atoms in total. The van der Waals surface area contributed by atoms with Gasteiger partial charge in [-0.05, 0) is 33.6 Å². The maximum Gasteiger partial charge on any atom is 0.0480 e. The van der Waals surface area contributed by atoms with Crippen LogP contribution < -0.4 is 5.73 Å². The minimum absolute atomic E-state index is 0.484. The molecule has 1 fully saturated rings. The molecule has 84 valence electrons. The molecule has 0 amide bonds. The summed E-state index contributed by atoms with van der Waals surface area (Å²) in [6, 6.07) is 1.73. The lowest BCUT2D eigenvalue weighted by Crippen LogP contribution is -2.50. The number of rotatable bonds is 4. The summed E-state index contributed by atoms with van der Waals surface area (Å²) in [5, 5.41) is 0. The molecule has 2 N–H and O–H groups in total. The highest BCUT2D eigenvalue weighted by Crippen LogP contribution is 2.19. The highest BCUT2D eigenvalue weighted by molar-refractivity contribution is 4.81. The Morgan fingerprint density at radius 1 is 1.29 bits per heavy atom. The van der Waals surface area contributed by atoms with E-state index in [0.717, 1.165) is 32.6 Å². The Morgan fingerprint density at radius 2 is 1.86 bits per heavy atom. The number of hydrogen-bond acceptors (Lipinski definition) is 3. The summed E-state index contributed by atoms with van der Waals surface area (Å²) in [5.74, 6) is 0. The van der Waals surface area contributed by atoms with E-state index >= 15 is 0 Å². The van der Waals surface area contributed by atoms with Crippen LogP contribution in [0.5, 0.6) is 0 Å². The summed E-state index contributed by atoms with van der Waals surface area (Å²) in [5.41, 5.74) is 5.74. The van der Waals surface area contributed by atoms with E-state index in [9.17, 15) is 0 Å². The lowest BCUT2D eigenvalue weighted by atomic mass is 10.0. The highest BCUT2D eigenvalue weighted by atomic mass is 16.5. The van der Waals surface area contributed by atoms with E-state index in [-0.39, 0.29) is 0 Å². The lowest BCUT2D eigenvalue weighted by Gasteiger charge is -2.41. The summed E-state index contributed by atoms with van der Waals surface area (Å²) >= 11 is 0. The lowest BCUT2D eigenvalue weighted by molar-refractivity contribution is 0.00706. The van der Waals surface area contributed by atoms with E-state index in [1.54, 1.807) is 0 Å². The maximum absolute atomic E-state index is 5.74. The van der Waals surface area contributed by atoms with Gasteiger partial charge < -0.3 is 10.5 Å². The normalized spacial score (nSPS) is 21.9. The molecule has 1 aliphatic rings. The summed E-state index contributed by atoms with van der Waals surface area (Å²) < 4.78 is 5.39. The zero-order valence-electron chi connectivity index (χ0n) is 9.70. The Labute approximate surface area is 87.6 Å². The van der Waals surface area contributed by atoms with Crippen LogP contribution in [0.3, 0.4) is 0 Å². The van der Waals surface area contributed by atoms with E-state index in [1.807, 2.05) is 0 Å². The van der Waals surface area contributed by atoms with Gasteiger partial charge >= 0.3 is 0 Å². The fourth-order valence-electron chi connectivity index (χ4n) is 2.40. The van der Waals surface area contributed by atoms with Gasteiger partial charge in [-0.1, -0.05) is 0 Å². The zero-order chi connectivity index (χ0) is 10.6. The van der Waals surface area contributed by atoms with Crippen molar-refractivity contribution < 1.29 is 4.74 Å². The van der Waals surface area contributed by atoms with Crippen LogP contribution in [0.1, 0.15) is 33.6 Å². The van der Waals surface area contributed by atoms with Crippen molar-refractivity contribution in [2.24, 2.45) is 5.73 Å². The highest BCUT2D eigenvalue weighted by Gasteiger charge is 2.26. The molecule has 0 aromatic heterocycles. The van der Waals surface area contributed by atoms with Gasteiger partial charge in [0.2, 0.25) is 0 Å². The fourth-order valence-corrected chi connectivity index (χ4v) is 2.40. The number of nitrogens with two attached hydrogens (primary N) is 1. The second kappa shape index (κ2) is 5.69. The van der Waals surface area contributed by atoms with E-state index in [0.29, 0.717) is 18.1 Å². The van der Waals surface area contributed by atoms with E-state index < -0.39 is 0 Å². The molecule has 0 aromatic carbocycles. The molecule has 0 aliphatic carbocycles. The molecule has 0 aromatic rings. The molecule has 1 atom stereocenters. The molecule has 1 unspecified atom stereocenters. The number of hydrogen-bond donors (Lipinski definition) is 1. The molecular weight excluding hydrogens is 176 g/mol. The monoisotopic (exact) mass is 200 g/mol. The largest absolute Gasteiger partial charge is 0.381 e. The van der Waals surface area contributed by atoms with Crippen LogP contribution in [-0.2, 0) is 4.74 Å². The van der Waals surface area contributed by atoms with Crippen molar-refractivity contribution >= 4 is 0 Å². The summed E-state index contributed by atoms with van der Waals surface area (Å²) in [4.78, 5) is 2.54. The predicted octanol–water partition coefficient (Wildman–Crippen LogP) is 1.22. The van der Waals surface area contributed by atoms with Gasteiger partial charge in [0.25, 0.3) is 0 Å². The Morgan fingerprint density at radius 3 is 2.29 bits per heavy atom. The van der Waals surface area contributed by atoms with Gasteiger partial charge in [-0.2, -0.15) is 0 Å². The third-order valence-corrected chi connectivity index (χ3v) is 3.06. The topological polar surface area (TPSA) is 38.5 Å². The van der Waals surface area contributed by atoms with Gasteiger partial charge in [0.1, 0.15) is 0 Å². The molecule has 0 spiro atoms. The van der Waals surface area contributed by atoms with Crippen molar-refractivity contribution in [2.45, 2.75) is 51.7 Å². The minimum atomic E-state index is 0.484. The molecule has 0 saturated carbocycles. The first kappa shape index (κ1) is 12.0. The van der Waals surface area contributed by atoms with Gasteiger partial charge in [0.05, 0.1) is 0 Å². The van der Waals surface area contributed by atoms with E-state index in [4.69, 9.17) is 10.5 Å². The molecule has 1 aliphatic heterocycles. The molecule has 0 bridgehead atoms. The Kier molecular flexibility index (Phi) is 4.85. The second-order valence-electron chi connectivity index (χ2n) is 4.47. The zero-order valence-corrected chi connectivity index (χ0v) is 9.70. The van der Waals surface area contributed by atoms with E-state index in [1.165, 1.54) is 0 Å². The van der Waals surface area contributed by atoms with Gasteiger partial charge in [0.15, 0.2) is 0 Å². The van der Waals surface area contributed by atoms with Crippen LogP contribution >= 0.6 is 0 Å². The Balaban J connectivity index is 2.56. The van der Waals surface area contributed by atoms with Gasteiger partial charge in [-0.3, -0.25) is 4.90 Å². The second-order valence-corrected chi connectivity index (χ2v) is 4.47. The summed E-state index contributed by atoms with van der Waals surface area (Å²) in [6.07, 6.45) is 2.31. The molecule has 14 heavy (non-hydrogen) atoms. The van der Waals surface area contributed by atoms with Crippen LogP contribution in [0.15, 0.2) is 0 Å². The first-order valence-electron chi connectivity index (χ1n) is 5.72. The standard InChI is InChI=1S/C11H24N2O/c1-9(2)13(10(3)8-12)11-4-6-14-7-5-11/h9-11H,4-8,12H2,1-3H3. The molecule has 3 heteroatoms. The molecular formula is C11H24N2O. The number of ether oxygens (including phenoxy) is 1. The van der Waals surface area contributed by atoms with Crippen molar-refractivity contribution in [3.8, 4) is 0 Å². The third kappa shape index (κ3) is 2.94. The Bertz CT molecular complexity index is 155. The van der Waals surface area contributed by atoms with Crippen LogP contribution in [0, 0.1) is 0 Å². The van der Waals surface area contributed by atoms with Crippen molar-refractivity contribution in [1.82, 2.24) is 4.90 Å². The average Bonchev–Trinajstić information content (AvgIpc) is 2.19. The SMILES string of the molecule is CC(C)N(C(C)CN)C1CCOCC1. The molecule has 1 saturated heterocycles. The predicted molar refractivity (Wildman–Crippen MR) is 59.3 cm³/mol. The number of nitrogens with zero attached hydrogens (tertiary/aromatic N) is 1. The van der Waals surface area contributed by atoms with Crippen molar-refractivity contribution in [3.05, 3.63) is 0 Å². The molecule has 1 rings (SSSR count). The van der Waals surface area contributed by atoms with Gasteiger partial charge in [-0.15, -0.1) is 0 Å². The van der Waals surface area contributed by atoms with Gasteiger partial charge in [0, 0.05) is 37.9 Å². The maximum atomic E-state index is 5.74. The summed E-state index contributed by atoms with van der Waals surface area (Å²) in [6.45, 7) is 9.28. The van der Waals surface area contributed by atoms with E-state index in [2.05, 4.69) is 25.7 Å². The molecule has 0 radical (unpaired) electrons. The van der Waals surface area contributed by atoms with Crippen LogP contribution in [-0.4, -0.2) is 42.8 Å². The first-order chi connectivity index (χ1) is 6.66. The van der Waals surface area contributed by atoms with Crippen LogP contribution in [0.4, 0.5) is 0 Å². The Hall–Kier alpha value is -0.120. The van der Waals surface area contributed by atoms with Gasteiger partial charge in [-0.25, -0.2) is 0 Å². The van der Waals surface area contributed by atoms with Crippen molar-refractivity contribution in [3.63, 3.8) is 0 Å². The van der Waals surface area contributed by atoms with Crippen LogP contribution in [0.2, 0.25) is 0 Å². The molecule has 1 heterocycles. The summed E-state index contributed by atoms with van der Waals surface area (Å²) in [7, 11) is 0.